The van der Waals surface area contributed by atoms with E-state index in [2.05, 4.69) is 21.3 Å². The van der Waals surface area contributed by atoms with Crippen LogP contribution in [0.4, 0.5) is 11.4 Å². The first-order valence-electron chi connectivity index (χ1n) is 8.57. The summed E-state index contributed by atoms with van der Waals surface area (Å²) >= 11 is 7.85. The number of thiophene rings is 1. The largest absolute Gasteiger partial charge is 0.440 e. The molecule has 0 saturated carbocycles. The molecule has 1 aliphatic rings. The lowest BCUT2D eigenvalue weighted by atomic mass is 10.2. The molecule has 0 bridgehead atoms. The van der Waals surface area contributed by atoms with E-state index in [9.17, 15) is 0 Å². The Morgan fingerprint density at radius 1 is 1.27 bits per heavy atom. The highest BCUT2D eigenvalue weighted by Gasteiger charge is 2.17. The molecule has 1 aromatic carbocycles. The molecule has 0 radical (unpaired) electrons. The molecule has 0 atom stereocenters. The van der Waals surface area contributed by atoms with Crippen molar-refractivity contribution < 1.29 is 9.15 Å². The minimum absolute atomic E-state index is 0.582. The summed E-state index contributed by atoms with van der Waals surface area (Å²) in [7, 11) is 0. The Hall–Kier alpha value is -2.02. The van der Waals surface area contributed by atoms with Crippen LogP contribution < -0.4 is 10.2 Å². The fourth-order valence-corrected chi connectivity index (χ4v) is 3.83. The first-order valence-corrected chi connectivity index (χ1v) is 9.83. The van der Waals surface area contributed by atoms with Crippen molar-refractivity contribution in [2.24, 2.45) is 0 Å². The number of rotatable bonds is 5. The zero-order valence-corrected chi connectivity index (χ0v) is 16.1. The third-order valence-electron chi connectivity index (χ3n) is 4.38. The van der Waals surface area contributed by atoms with Gasteiger partial charge < -0.3 is 19.4 Å². The van der Waals surface area contributed by atoms with Crippen LogP contribution in [-0.2, 0) is 11.3 Å². The number of aromatic nitrogens is 1. The molecule has 1 N–H and O–H groups in total. The molecule has 0 spiro atoms. The highest BCUT2D eigenvalue weighted by Crippen LogP contribution is 2.31. The number of anilines is 2. The van der Waals surface area contributed by atoms with E-state index in [1.54, 1.807) is 11.3 Å². The van der Waals surface area contributed by atoms with E-state index in [0.29, 0.717) is 17.5 Å². The van der Waals surface area contributed by atoms with Gasteiger partial charge in [-0.3, -0.25) is 0 Å². The normalized spacial score (nSPS) is 14.6. The maximum Gasteiger partial charge on any atom is 0.236 e. The van der Waals surface area contributed by atoms with Gasteiger partial charge in [-0.05, 0) is 36.6 Å². The second kappa shape index (κ2) is 7.70. The number of ether oxygens (including phenoxy) is 1. The zero-order chi connectivity index (χ0) is 17.9. The van der Waals surface area contributed by atoms with Crippen LogP contribution in [0.1, 0.15) is 11.5 Å². The van der Waals surface area contributed by atoms with Crippen molar-refractivity contribution in [2.45, 2.75) is 13.5 Å². The summed E-state index contributed by atoms with van der Waals surface area (Å²) < 4.78 is 11.3. The first kappa shape index (κ1) is 17.4. The summed E-state index contributed by atoms with van der Waals surface area (Å²) in [6, 6.07) is 9.96. The summed E-state index contributed by atoms with van der Waals surface area (Å²) in [6.45, 7) is 5.77. The summed E-state index contributed by atoms with van der Waals surface area (Å²) in [6.07, 6.45) is 0. The van der Waals surface area contributed by atoms with Crippen LogP contribution >= 0.6 is 22.9 Å². The predicted octanol–water partition coefficient (Wildman–Crippen LogP) is 4.81. The Labute approximate surface area is 161 Å². The molecule has 0 unspecified atom stereocenters. The molecular weight excluding hydrogens is 370 g/mol. The number of halogens is 1. The van der Waals surface area contributed by atoms with E-state index in [4.69, 9.17) is 20.8 Å². The molecular formula is C19H20ClN3O2S. The average molecular weight is 390 g/mol. The van der Waals surface area contributed by atoms with E-state index >= 15 is 0 Å². The van der Waals surface area contributed by atoms with Gasteiger partial charge in [-0.15, -0.1) is 11.3 Å². The maximum atomic E-state index is 6.22. The van der Waals surface area contributed by atoms with Crippen LogP contribution in [0.3, 0.4) is 0 Å². The molecule has 1 saturated heterocycles. The summed E-state index contributed by atoms with van der Waals surface area (Å²) in [5.74, 6) is 1.50. The molecule has 2 aromatic heterocycles. The average Bonchev–Trinajstić information content (AvgIpc) is 3.30. The number of nitrogens with zero attached hydrogens (tertiary/aromatic N) is 2. The van der Waals surface area contributed by atoms with Crippen LogP contribution in [0.2, 0.25) is 5.02 Å². The second-order valence-electron chi connectivity index (χ2n) is 6.11. The molecule has 3 aromatic rings. The summed E-state index contributed by atoms with van der Waals surface area (Å²) in [5, 5.41) is 6.21. The minimum Gasteiger partial charge on any atom is -0.440 e. The standard InChI is InChI=1S/C19H20ClN3O2S/c1-13-16(22-19(25-13)18-3-2-10-26-18)12-21-15-11-14(20)4-5-17(15)23-6-8-24-9-7-23/h2-5,10-11,21H,6-9,12H2,1H3. The number of aryl methyl sites for hydroxylation is 1. The number of oxazole rings is 1. The molecule has 0 amide bonds. The van der Waals surface area contributed by atoms with Crippen molar-refractivity contribution in [2.75, 3.05) is 36.5 Å². The lowest BCUT2D eigenvalue weighted by Crippen LogP contribution is -2.36. The van der Waals surface area contributed by atoms with Gasteiger partial charge in [0.15, 0.2) is 0 Å². The third kappa shape index (κ3) is 3.72. The van der Waals surface area contributed by atoms with Crippen molar-refractivity contribution in [1.82, 2.24) is 4.98 Å². The highest BCUT2D eigenvalue weighted by molar-refractivity contribution is 7.13. The van der Waals surface area contributed by atoms with Gasteiger partial charge in [0.25, 0.3) is 0 Å². The van der Waals surface area contributed by atoms with E-state index in [-0.39, 0.29) is 0 Å². The van der Waals surface area contributed by atoms with Gasteiger partial charge in [-0.1, -0.05) is 17.7 Å². The molecule has 26 heavy (non-hydrogen) atoms. The molecule has 0 aliphatic carbocycles. The fraction of sp³-hybridized carbons (Fsp3) is 0.316. The van der Waals surface area contributed by atoms with Crippen LogP contribution in [-0.4, -0.2) is 31.3 Å². The second-order valence-corrected chi connectivity index (χ2v) is 7.50. The Balaban J connectivity index is 1.53. The fourth-order valence-electron chi connectivity index (χ4n) is 3.01. The Bertz CT molecular complexity index is 873. The van der Waals surface area contributed by atoms with Gasteiger partial charge in [0.05, 0.1) is 36.0 Å². The predicted molar refractivity (Wildman–Crippen MR) is 106 cm³/mol. The van der Waals surface area contributed by atoms with Crippen molar-refractivity contribution in [3.63, 3.8) is 0 Å². The van der Waals surface area contributed by atoms with E-state index in [0.717, 1.165) is 54.0 Å². The molecule has 7 heteroatoms. The van der Waals surface area contributed by atoms with Gasteiger partial charge >= 0.3 is 0 Å². The topological polar surface area (TPSA) is 50.5 Å². The monoisotopic (exact) mass is 389 g/mol. The molecule has 1 aliphatic heterocycles. The Morgan fingerprint density at radius 2 is 2.12 bits per heavy atom. The molecule has 4 rings (SSSR count). The zero-order valence-electron chi connectivity index (χ0n) is 14.5. The van der Waals surface area contributed by atoms with Gasteiger partial charge in [0.1, 0.15) is 11.5 Å². The van der Waals surface area contributed by atoms with Gasteiger partial charge in [0, 0.05) is 18.1 Å². The number of hydrogen-bond donors (Lipinski definition) is 1. The number of nitrogens with one attached hydrogen (secondary N) is 1. The Kier molecular flexibility index (Phi) is 5.15. The number of hydrogen-bond acceptors (Lipinski definition) is 6. The van der Waals surface area contributed by atoms with Crippen LogP contribution in [0.15, 0.2) is 40.1 Å². The third-order valence-corrected chi connectivity index (χ3v) is 5.47. The SMILES string of the molecule is Cc1oc(-c2cccs2)nc1CNc1cc(Cl)ccc1N1CCOCC1. The lowest BCUT2D eigenvalue weighted by molar-refractivity contribution is 0.123. The Morgan fingerprint density at radius 3 is 2.88 bits per heavy atom. The van der Waals surface area contributed by atoms with Crippen molar-refractivity contribution >= 4 is 34.3 Å². The number of benzene rings is 1. The van der Waals surface area contributed by atoms with Gasteiger partial charge in [-0.2, -0.15) is 0 Å². The van der Waals surface area contributed by atoms with Gasteiger partial charge in [0.2, 0.25) is 5.89 Å². The van der Waals surface area contributed by atoms with Crippen LogP contribution in [0.25, 0.3) is 10.8 Å². The van der Waals surface area contributed by atoms with Crippen LogP contribution in [0, 0.1) is 6.92 Å². The first-order chi connectivity index (χ1) is 12.7. The maximum absolute atomic E-state index is 6.22. The van der Waals surface area contributed by atoms with Crippen molar-refractivity contribution in [3.05, 3.63) is 52.2 Å². The van der Waals surface area contributed by atoms with E-state index in [1.165, 1.54) is 0 Å². The molecule has 136 valence electrons. The van der Waals surface area contributed by atoms with Gasteiger partial charge in [-0.25, -0.2) is 4.98 Å². The lowest BCUT2D eigenvalue weighted by Gasteiger charge is -2.30. The molecule has 3 heterocycles. The van der Waals surface area contributed by atoms with Crippen LogP contribution in [0.5, 0.6) is 0 Å². The van der Waals surface area contributed by atoms with E-state index in [1.807, 2.05) is 36.6 Å². The summed E-state index contributed by atoms with van der Waals surface area (Å²) in [5.41, 5.74) is 3.04. The van der Waals surface area contributed by atoms with Crippen molar-refractivity contribution in [3.8, 4) is 10.8 Å². The van der Waals surface area contributed by atoms with E-state index < -0.39 is 0 Å². The minimum atomic E-state index is 0.582. The molecule has 1 fully saturated rings. The quantitative estimate of drug-likeness (QED) is 0.678. The summed E-state index contributed by atoms with van der Waals surface area (Å²) in [4.78, 5) is 8.00. The smallest absolute Gasteiger partial charge is 0.236 e. The highest BCUT2D eigenvalue weighted by atomic mass is 35.5. The molecule has 5 nitrogen and oxygen atoms in total. The number of morpholine rings is 1. The van der Waals surface area contributed by atoms with Crippen molar-refractivity contribution in [1.29, 1.82) is 0 Å².